The summed E-state index contributed by atoms with van der Waals surface area (Å²) in [4.78, 5) is 22.3. The van der Waals surface area contributed by atoms with Crippen LogP contribution in [0.3, 0.4) is 0 Å². The maximum absolute atomic E-state index is 14.7. The van der Waals surface area contributed by atoms with Crippen molar-refractivity contribution in [1.29, 1.82) is 0 Å². The predicted octanol–water partition coefficient (Wildman–Crippen LogP) is 3.29. The smallest absolute Gasteiger partial charge is 0.376 e. The molecule has 36 heavy (non-hydrogen) atoms. The quantitative estimate of drug-likeness (QED) is 0.310. The van der Waals surface area contributed by atoms with Gasteiger partial charge in [-0.3, -0.25) is 14.7 Å². The highest BCUT2D eigenvalue weighted by atomic mass is 32.2. The van der Waals surface area contributed by atoms with E-state index in [1.54, 1.807) is 0 Å². The van der Waals surface area contributed by atoms with Gasteiger partial charge in [0.2, 0.25) is 0 Å². The van der Waals surface area contributed by atoms with Crippen molar-refractivity contribution in [1.82, 2.24) is 9.88 Å². The third kappa shape index (κ3) is 4.12. The van der Waals surface area contributed by atoms with E-state index < -0.39 is 44.5 Å². The third-order valence-corrected chi connectivity index (χ3v) is 6.38. The van der Waals surface area contributed by atoms with Crippen LogP contribution in [-0.4, -0.2) is 42.7 Å². The minimum absolute atomic E-state index is 0.0616. The molecule has 1 aliphatic rings. The van der Waals surface area contributed by atoms with E-state index in [4.69, 9.17) is 5.73 Å². The molecule has 0 saturated carbocycles. The van der Waals surface area contributed by atoms with Gasteiger partial charge in [0.1, 0.15) is 17.4 Å². The van der Waals surface area contributed by atoms with Gasteiger partial charge >= 0.3 is 15.6 Å². The second-order valence-corrected chi connectivity index (χ2v) is 9.18. The van der Waals surface area contributed by atoms with Gasteiger partial charge in [-0.1, -0.05) is 18.2 Å². The number of halogens is 5. The molecule has 2 aromatic carbocycles. The van der Waals surface area contributed by atoms with E-state index in [-0.39, 0.29) is 28.2 Å². The van der Waals surface area contributed by atoms with Crippen molar-refractivity contribution < 1.29 is 39.3 Å². The molecule has 3 aromatic rings. The number of pyridine rings is 1. The number of likely N-dealkylation sites (N-methyl/N-ethyl adjacent to an activating group) is 1. The molecule has 8 nitrogen and oxygen atoms in total. The van der Waals surface area contributed by atoms with Crippen molar-refractivity contribution in [3.05, 3.63) is 83.7 Å². The third-order valence-electron chi connectivity index (χ3n) is 5.40. The number of aromatic nitrogens is 1. The van der Waals surface area contributed by atoms with Crippen LogP contribution in [0.2, 0.25) is 0 Å². The zero-order chi connectivity index (χ0) is 26.5. The number of hydrogen-bond acceptors (Lipinski definition) is 7. The first kappa shape index (κ1) is 25.0. The Kier molecular flexibility index (Phi) is 5.95. The lowest BCUT2D eigenvalue weighted by Gasteiger charge is -2.27. The molecule has 0 fully saturated rings. The number of guanidine groups is 1. The lowest BCUT2D eigenvalue weighted by molar-refractivity contribution is -0.129. The molecule has 14 heteroatoms. The number of carbonyl (C=O) groups excluding carboxylic acids is 1. The largest absolute Gasteiger partial charge is 0.534 e. The lowest BCUT2D eigenvalue weighted by Crippen LogP contribution is -2.41. The van der Waals surface area contributed by atoms with Crippen LogP contribution in [0.15, 0.2) is 65.9 Å². The molecule has 1 aliphatic heterocycles. The van der Waals surface area contributed by atoms with Crippen LogP contribution in [0, 0.1) is 11.6 Å². The van der Waals surface area contributed by atoms with Gasteiger partial charge in [-0.05, 0) is 41.5 Å². The fraction of sp³-hybridized carbons (Fsp3) is 0.136. The fourth-order valence-corrected chi connectivity index (χ4v) is 4.10. The zero-order valence-electron chi connectivity index (χ0n) is 18.1. The van der Waals surface area contributed by atoms with E-state index in [1.807, 2.05) is 0 Å². The first-order valence-electron chi connectivity index (χ1n) is 9.92. The standard InChI is InChI=1S/C22H15F5N4O4S/c1-31-19(32)21(30-20(31)28,13-2-5-16(6-3-13)35-36(33,34)22(25,26)27)14-4-7-18(24)17(9-14)12-8-15(23)11-29-10-12/h2-11H,1H3,(H2,28,30). The Morgan fingerprint density at radius 3 is 2.19 bits per heavy atom. The molecule has 1 unspecified atom stereocenters. The Morgan fingerprint density at radius 2 is 1.64 bits per heavy atom. The normalized spacial score (nSPS) is 18.3. The molecular weight excluding hydrogens is 511 g/mol. The summed E-state index contributed by atoms with van der Waals surface area (Å²) in [6.45, 7) is 0. The summed E-state index contributed by atoms with van der Waals surface area (Å²) in [5, 5.41) is 0. The van der Waals surface area contributed by atoms with E-state index in [2.05, 4.69) is 14.2 Å². The average molecular weight is 526 g/mol. The number of benzene rings is 2. The molecule has 2 heterocycles. The first-order chi connectivity index (χ1) is 16.8. The average Bonchev–Trinajstić information content (AvgIpc) is 3.03. The second-order valence-electron chi connectivity index (χ2n) is 7.64. The summed E-state index contributed by atoms with van der Waals surface area (Å²) in [6, 6.07) is 8.62. The van der Waals surface area contributed by atoms with Crippen molar-refractivity contribution in [2.24, 2.45) is 10.7 Å². The van der Waals surface area contributed by atoms with Gasteiger partial charge in [-0.25, -0.2) is 13.8 Å². The number of carbonyl (C=O) groups is 1. The van der Waals surface area contributed by atoms with Crippen molar-refractivity contribution >= 4 is 22.0 Å². The molecule has 0 saturated heterocycles. The van der Waals surface area contributed by atoms with Gasteiger partial charge in [0, 0.05) is 24.4 Å². The summed E-state index contributed by atoms with van der Waals surface area (Å²) < 4.78 is 93.0. The monoisotopic (exact) mass is 526 g/mol. The van der Waals surface area contributed by atoms with Gasteiger partial charge < -0.3 is 9.92 Å². The van der Waals surface area contributed by atoms with Crippen LogP contribution in [0.1, 0.15) is 11.1 Å². The minimum atomic E-state index is -5.92. The topological polar surface area (TPSA) is 115 Å². The van der Waals surface area contributed by atoms with E-state index in [0.29, 0.717) is 0 Å². The van der Waals surface area contributed by atoms with Gasteiger partial charge in [0.05, 0.1) is 6.20 Å². The van der Waals surface area contributed by atoms with Crippen molar-refractivity contribution in [2.45, 2.75) is 11.0 Å². The minimum Gasteiger partial charge on any atom is -0.376 e. The van der Waals surface area contributed by atoms with Gasteiger partial charge in [0.25, 0.3) is 5.91 Å². The Morgan fingerprint density at radius 1 is 1.00 bits per heavy atom. The van der Waals surface area contributed by atoms with E-state index in [0.717, 1.165) is 47.5 Å². The molecule has 188 valence electrons. The molecule has 0 spiro atoms. The maximum atomic E-state index is 14.7. The van der Waals surface area contributed by atoms with E-state index in [1.165, 1.54) is 25.4 Å². The van der Waals surface area contributed by atoms with Crippen molar-refractivity contribution in [2.75, 3.05) is 7.05 Å². The lowest BCUT2D eigenvalue weighted by atomic mass is 9.81. The fourth-order valence-electron chi connectivity index (χ4n) is 3.64. The first-order valence-corrected chi connectivity index (χ1v) is 11.3. The molecule has 0 bridgehead atoms. The van der Waals surface area contributed by atoms with Crippen LogP contribution in [-0.2, 0) is 20.5 Å². The highest BCUT2D eigenvalue weighted by molar-refractivity contribution is 7.88. The summed E-state index contributed by atoms with van der Waals surface area (Å²) >= 11 is 0. The van der Waals surface area contributed by atoms with Crippen LogP contribution in [0.4, 0.5) is 22.0 Å². The van der Waals surface area contributed by atoms with Crippen molar-refractivity contribution in [3.8, 4) is 16.9 Å². The molecule has 1 amide bonds. The molecule has 1 aromatic heterocycles. The van der Waals surface area contributed by atoms with Crippen molar-refractivity contribution in [3.63, 3.8) is 0 Å². The highest BCUT2D eigenvalue weighted by Gasteiger charge is 2.50. The van der Waals surface area contributed by atoms with Gasteiger partial charge in [-0.15, -0.1) is 0 Å². The number of amides is 1. The molecule has 4 rings (SSSR count). The van der Waals surface area contributed by atoms with Crippen LogP contribution < -0.4 is 9.92 Å². The number of rotatable bonds is 5. The van der Waals surface area contributed by atoms with E-state index >= 15 is 0 Å². The molecule has 1 atom stereocenters. The van der Waals surface area contributed by atoms with Gasteiger partial charge in [-0.2, -0.15) is 21.6 Å². The number of aliphatic imine (C=N–C) groups is 1. The maximum Gasteiger partial charge on any atom is 0.534 e. The summed E-state index contributed by atoms with van der Waals surface area (Å²) in [5.41, 5.74) is -1.57. The Balaban J connectivity index is 1.85. The number of hydrogen-bond donors (Lipinski definition) is 1. The molecule has 0 radical (unpaired) electrons. The second kappa shape index (κ2) is 8.55. The Hall–Kier alpha value is -4.07. The van der Waals surface area contributed by atoms with Crippen LogP contribution >= 0.6 is 0 Å². The molecular formula is C22H15F5N4O4S. The van der Waals surface area contributed by atoms with Crippen LogP contribution in [0.5, 0.6) is 5.75 Å². The number of nitrogens with two attached hydrogens (primary N) is 1. The summed E-state index contributed by atoms with van der Waals surface area (Å²) in [7, 11) is -4.59. The van der Waals surface area contributed by atoms with E-state index in [9.17, 15) is 35.2 Å². The summed E-state index contributed by atoms with van der Waals surface area (Å²) in [5.74, 6) is -3.05. The number of nitrogens with zero attached hydrogens (tertiary/aromatic N) is 3. The highest BCUT2D eigenvalue weighted by Crippen LogP contribution is 2.41. The summed E-state index contributed by atoms with van der Waals surface area (Å²) in [6.07, 6.45) is 2.14. The number of alkyl halides is 3. The zero-order valence-corrected chi connectivity index (χ0v) is 18.9. The predicted molar refractivity (Wildman–Crippen MR) is 117 cm³/mol. The van der Waals surface area contributed by atoms with Crippen LogP contribution in [0.25, 0.3) is 11.1 Å². The Labute approximate surface area is 201 Å². The molecule has 0 aliphatic carbocycles. The Bertz CT molecular complexity index is 1490. The molecule has 2 N–H and O–H groups in total. The van der Waals surface area contributed by atoms with Gasteiger partial charge in [0.15, 0.2) is 11.5 Å². The SMILES string of the molecule is CN1C(=O)C(c2ccc(OS(=O)(=O)C(F)(F)F)cc2)(c2ccc(F)c(-c3cncc(F)c3)c2)N=C1N.